The van der Waals surface area contributed by atoms with Crippen molar-refractivity contribution in [2.75, 3.05) is 0 Å². The van der Waals surface area contributed by atoms with E-state index in [0.717, 1.165) is 0 Å². The number of aryl methyl sites for hydroxylation is 1. The minimum Gasteiger partial charge on any atom is -0.348 e. The summed E-state index contributed by atoms with van der Waals surface area (Å²) in [5, 5.41) is 2.92. The Hall–Kier alpha value is -2.56. The fourth-order valence-corrected chi connectivity index (χ4v) is 4.56. The van der Waals surface area contributed by atoms with Crippen molar-refractivity contribution in [1.82, 2.24) is 24.8 Å². The van der Waals surface area contributed by atoms with Gasteiger partial charge in [-0.05, 0) is 44.6 Å². The molecule has 0 bridgehead atoms. The molecule has 0 unspecified atom stereocenters. The molecule has 0 saturated heterocycles. The number of ether oxygens (including phenoxy) is 1. The molecule has 33 heavy (non-hydrogen) atoms. The Morgan fingerprint density at radius 2 is 1.85 bits per heavy atom. The lowest BCUT2D eigenvalue weighted by atomic mass is 9.84. The van der Waals surface area contributed by atoms with Crippen LogP contribution in [0.4, 0.5) is 17.6 Å². The van der Waals surface area contributed by atoms with Crippen LogP contribution in [0.1, 0.15) is 73.5 Å². The normalized spacial score (nSPS) is 23.6. The predicted molar refractivity (Wildman–Crippen MR) is 111 cm³/mol. The summed E-state index contributed by atoms with van der Waals surface area (Å²) in [5.41, 5.74) is 1.33. The third-order valence-electron chi connectivity index (χ3n) is 6.46. The van der Waals surface area contributed by atoms with Crippen molar-refractivity contribution >= 4 is 5.91 Å². The number of nitrogens with zero attached hydrogens (tertiary/aromatic N) is 4. The molecule has 180 valence electrons. The lowest BCUT2D eigenvalue weighted by molar-refractivity contribution is -0.170. The number of hydrogen-bond acceptors (Lipinski definition) is 5. The van der Waals surface area contributed by atoms with Gasteiger partial charge in [0.05, 0.1) is 18.6 Å². The van der Waals surface area contributed by atoms with E-state index in [-0.39, 0.29) is 43.3 Å². The molecular formula is C22H27F4N5O2. The number of aromatic nitrogens is 4. The van der Waals surface area contributed by atoms with E-state index in [1.54, 1.807) is 30.2 Å². The molecule has 0 radical (unpaired) electrons. The number of carbonyl (C=O) groups is 1. The number of rotatable bonds is 6. The van der Waals surface area contributed by atoms with Crippen molar-refractivity contribution in [2.24, 2.45) is 7.05 Å². The van der Waals surface area contributed by atoms with Gasteiger partial charge in [0.15, 0.2) is 5.82 Å². The number of alkyl halides is 4. The van der Waals surface area contributed by atoms with Crippen molar-refractivity contribution in [3.8, 4) is 11.5 Å². The van der Waals surface area contributed by atoms with Crippen LogP contribution >= 0.6 is 0 Å². The van der Waals surface area contributed by atoms with Gasteiger partial charge in [-0.1, -0.05) is 0 Å². The zero-order chi connectivity index (χ0) is 23.6. The van der Waals surface area contributed by atoms with Gasteiger partial charge < -0.3 is 14.6 Å². The molecule has 4 rings (SSSR count). The van der Waals surface area contributed by atoms with E-state index in [1.807, 2.05) is 0 Å². The monoisotopic (exact) mass is 469 g/mol. The quantitative estimate of drug-likeness (QED) is 0.632. The average molecular weight is 469 g/mol. The van der Waals surface area contributed by atoms with Gasteiger partial charge in [0, 0.05) is 37.5 Å². The molecule has 2 fully saturated rings. The van der Waals surface area contributed by atoms with Gasteiger partial charge in [-0.15, -0.1) is 0 Å². The fraction of sp³-hybridized carbons (Fsp3) is 0.636. The predicted octanol–water partition coefficient (Wildman–Crippen LogP) is 4.45. The van der Waals surface area contributed by atoms with Crippen LogP contribution in [0.3, 0.4) is 0 Å². The second-order valence-electron chi connectivity index (χ2n) is 8.87. The number of carbonyl (C=O) groups excluding carboxylic acids is 1. The van der Waals surface area contributed by atoms with Crippen LogP contribution in [0.5, 0.6) is 0 Å². The molecule has 0 aromatic carbocycles. The molecule has 0 aliphatic heterocycles. The van der Waals surface area contributed by atoms with Crippen LogP contribution in [0.2, 0.25) is 0 Å². The highest BCUT2D eigenvalue weighted by molar-refractivity contribution is 5.93. The molecule has 1 amide bonds. The molecule has 1 N–H and O–H groups in total. The Morgan fingerprint density at radius 3 is 2.45 bits per heavy atom. The van der Waals surface area contributed by atoms with Gasteiger partial charge in [-0.2, -0.15) is 8.78 Å². The summed E-state index contributed by atoms with van der Waals surface area (Å²) in [7, 11) is 1.78. The average Bonchev–Trinajstić information content (AvgIpc) is 3.20. The Morgan fingerprint density at radius 1 is 1.15 bits per heavy atom. The van der Waals surface area contributed by atoms with Crippen LogP contribution < -0.4 is 5.32 Å². The number of hydrogen-bond donors (Lipinski definition) is 1. The minimum atomic E-state index is -2.80. The molecular weight excluding hydrogens is 442 g/mol. The first kappa shape index (κ1) is 23.6. The highest BCUT2D eigenvalue weighted by Gasteiger charge is 2.36. The lowest BCUT2D eigenvalue weighted by Crippen LogP contribution is -2.39. The van der Waals surface area contributed by atoms with E-state index in [2.05, 4.69) is 25.0 Å². The third kappa shape index (κ3) is 5.87. The Labute approximate surface area is 189 Å². The van der Waals surface area contributed by atoms with Crippen molar-refractivity contribution < 1.29 is 27.1 Å². The van der Waals surface area contributed by atoms with Crippen LogP contribution in [0, 0.1) is 0 Å². The summed E-state index contributed by atoms with van der Waals surface area (Å²) in [6.07, 6.45) is 4.70. The minimum absolute atomic E-state index is 0.152. The summed E-state index contributed by atoms with van der Waals surface area (Å²) >= 11 is 0. The summed E-state index contributed by atoms with van der Waals surface area (Å²) in [4.78, 5) is 26.1. The van der Waals surface area contributed by atoms with Crippen LogP contribution in [0.25, 0.3) is 11.5 Å². The van der Waals surface area contributed by atoms with E-state index >= 15 is 0 Å². The third-order valence-corrected chi connectivity index (χ3v) is 6.46. The van der Waals surface area contributed by atoms with Crippen LogP contribution in [-0.4, -0.2) is 50.1 Å². The Balaban J connectivity index is 1.52. The second kappa shape index (κ2) is 9.74. The van der Waals surface area contributed by atoms with Crippen molar-refractivity contribution in [3.63, 3.8) is 0 Å². The summed E-state index contributed by atoms with van der Waals surface area (Å²) in [6.45, 7) is -2.80. The Bertz CT molecular complexity index is 965. The van der Waals surface area contributed by atoms with Gasteiger partial charge in [0.2, 0.25) is 5.92 Å². The summed E-state index contributed by atoms with van der Waals surface area (Å²) in [5.74, 6) is -2.94. The van der Waals surface area contributed by atoms with Gasteiger partial charge in [-0.25, -0.2) is 23.7 Å². The molecule has 2 saturated carbocycles. The van der Waals surface area contributed by atoms with E-state index in [0.29, 0.717) is 42.9 Å². The van der Waals surface area contributed by atoms with E-state index in [4.69, 9.17) is 0 Å². The van der Waals surface area contributed by atoms with Gasteiger partial charge in [0.25, 0.3) is 5.91 Å². The number of amides is 1. The second-order valence-corrected chi connectivity index (χ2v) is 8.87. The molecule has 7 nitrogen and oxygen atoms in total. The van der Waals surface area contributed by atoms with Gasteiger partial charge in [0.1, 0.15) is 11.4 Å². The number of imidazole rings is 1. The largest absolute Gasteiger partial charge is 0.348 e. The first-order valence-electron chi connectivity index (χ1n) is 11.2. The zero-order valence-electron chi connectivity index (χ0n) is 18.3. The molecule has 11 heteroatoms. The van der Waals surface area contributed by atoms with Crippen molar-refractivity contribution in [3.05, 3.63) is 30.0 Å². The van der Waals surface area contributed by atoms with Crippen molar-refractivity contribution in [1.29, 1.82) is 0 Å². The molecule has 2 heterocycles. The SMILES string of the molecule is Cn1cncc1-c1nc(C(=O)N[C@H]2CC[C@H](OC(F)F)CC2)cc(C2CCC(F)(F)CC2)n1. The maximum Gasteiger partial charge on any atom is 0.345 e. The zero-order valence-corrected chi connectivity index (χ0v) is 18.3. The highest BCUT2D eigenvalue weighted by atomic mass is 19.3. The van der Waals surface area contributed by atoms with E-state index < -0.39 is 24.5 Å². The standard InChI is InChI=1S/C22H27F4N5O2/c1-31-12-27-11-18(31)19-29-16(13-6-8-22(25,26)9-7-13)10-17(30-19)20(32)28-14-2-4-15(5-3-14)33-21(23)24/h10-15,21H,2-9H2,1H3,(H,28,32)/t14-,15-. The number of nitrogens with one attached hydrogen (secondary N) is 1. The molecule has 0 atom stereocenters. The number of halogens is 4. The fourth-order valence-electron chi connectivity index (χ4n) is 4.56. The first-order valence-corrected chi connectivity index (χ1v) is 11.2. The highest BCUT2D eigenvalue weighted by Crippen LogP contribution is 2.40. The van der Waals surface area contributed by atoms with Crippen molar-refractivity contribution in [2.45, 2.75) is 82.0 Å². The molecule has 2 aromatic heterocycles. The smallest absolute Gasteiger partial charge is 0.345 e. The maximum atomic E-state index is 13.7. The first-order chi connectivity index (χ1) is 15.7. The van der Waals surface area contributed by atoms with Crippen LogP contribution in [-0.2, 0) is 11.8 Å². The molecule has 0 spiro atoms. The van der Waals surface area contributed by atoms with Gasteiger partial charge in [-0.3, -0.25) is 4.79 Å². The molecule has 2 aliphatic carbocycles. The summed E-state index contributed by atoms with van der Waals surface area (Å²) in [6, 6.07) is 1.40. The maximum absolute atomic E-state index is 13.7. The molecule has 2 aromatic rings. The summed E-state index contributed by atoms with van der Waals surface area (Å²) < 4.78 is 58.4. The van der Waals surface area contributed by atoms with Gasteiger partial charge >= 0.3 is 6.61 Å². The van der Waals surface area contributed by atoms with E-state index in [9.17, 15) is 22.4 Å². The molecule has 2 aliphatic rings. The topological polar surface area (TPSA) is 81.9 Å². The van der Waals surface area contributed by atoms with Crippen LogP contribution in [0.15, 0.2) is 18.6 Å². The van der Waals surface area contributed by atoms with E-state index in [1.165, 1.54) is 0 Å². The lowest BCUT2D eigenvalue weighted by Gasteiger charge is -2.29. The Kier molecular flexibility index (Phi) is 6.96.